The quantitative estimate of drug-likeness (QED) is 0.849. The molecule has 1 N–H and O–H groups in total. The molecule has 5 heteroatoms. The Labute approximate surface area is 128 Å². The van der Waals surface area contributed by atoms with Crippen molar-refractivity contribution in [2.24, 2.45) is 0 Å². The second-order valence-electron chi connectivity index (χ2n) is 6.27. The van der Waals surface area contributed by atoms with Crippen molar-refractivity contribution in [2.75, 3.05) is 0 Å². The Balaban J connectivity index is 2.24. The van der Waals surface area contributed by atoms with Gasteiger partial charge in [-0.15, -0.1) is 0 Å². The molecule has 0 bridgehead atoms. The summed E-state index contributed by atoms with van der Waals surface area (Å²) in [7, 11) is 0. The van der Waals surface area contributed by atoms with E-state index in [1.165, 1.54) is 6.92 Å². The smallest absolute Gasteiger partial charge is 0.339 e. The molecule has 0 aromatic heterocycles. The predicted octanol–water partition coefficient (Wildman–Crippen LogP) is 2.31. The Morgan fingerprint density at radius 3 is 2.64 bits per heavy atom. The van der Waals surface area contributed by atoms with E-state index in [0.29, 0.717) is 11.1 Å². The van der Waals surface area contributed by atoms with Gasteiger partial charge in [-0.3, -0.25) is 4.79 Å². The lowest BCUT2D eigenvalue weighted by Gasteiger charge is -2.35. The van der Waals surface area contributed by atoms with Crippen molar-refractivity contribution in [2.45, 2.75) is 45.5 Å². The molecule has 0 unspecified atom stereocenters. The third-order valence-electron chi connectivity index (χ3n) is 4.12. The van der Waals surface area contributed by atoms with Gasteiger partial charge in [-0.05, 0) is 44.0 Å². The van der Waals surface area contributed by atoms with Crippen molar-refractivity contribution in [3.63, 3.8) is 0 Å². The second-order valence-corrected chi connectivity index (χ2v) is 6.27. The van der Waals surface area contributed by atoms with Crippen LogP contribution in [-0.2, 0) is 14.3 Å². The van der Waals surface area contributed by atoms with Crippen molar-refractivity contribution < 1.29 is 24.2 Å². The molecule has 2 atom stereocenters. The van der Waals surface area contributed by atoms with Gasteiger partial charge in [-0.25, -0.2) is 4.79 Å². The number of hydrogen-bond donors (Lipinski definition) is 1. The number of rotatable bonds is 2. The first-order valence-corrected chi connectivity index (χ1v) is 7.16. The van der Waals surface area contributed by atoms with Gasteiger partial charge in [-0.1, -0.05) is 6.07 Å². The largest absolute Gasteiger partial charge is 0.454 e. The number of hydrogen-bond acceptors (Lipinski definition) is 5. The molecular formula is C17H18O5. The van der Waals surface area contributed by atoms with Crippen molar-refractivity contribution >= 4 is 18.0 Å². The van der Waals surface area contributed by atoms with Crippen LogP contribution in [-0.4, -0.2) is 28.8 Å². The molecule has 3 rings (SSSR count). The van der Waals surface area contributed by atoms with Crippen LogP contribution in [0.4, 0.5) is 0 Å². The molecule has 0 saturated carbocycles. The summed E-state index contributed by atoms with van der Waals surface area (Å²) >= 11 is 0. The van der Waals surface area contributed by atoms with Gasteiger partial charge in [0.25, 0.3) is 0 Å². The van der Waals surface area contributed by atoms with Gasteiger partial charge in [0.2, 0.25) is 0 Å². The van der Waals surface area contributed by atoms with E-state index >= 15 is 0 Å². The number of benzene rings is 1. The maximum atomic E-state index is 12.1. The Bertz CT molecular complexity index is 708. The van der Waals surface area contributed by atoms with Crippen LogP contribution < -0.4 is 0 Å². The molecule has 0 amide bonds. The minimum atomic E-state index is -1.20. The van der Waals surface area contributed by atoms with Crippen molar-refractivity contribution in [1.82, 2.24) is 0 Å². The van der Waals surface area contributed by atoms with Crippen molar-refractivity contribution in [3.8, 4) is 0 Å². The summed E-state index contributed by atoms with van der Waals surface area (Å²) in [6.45, 7) is 6.47. The van der Waals surface area contributed by atoms with Crippen LogP contribution >= 0.6 is 0 Å². The summed E-state index contributed by atoms with van der Waals surface area (Å²) < 4.78 is 10.8. The lowest BCUT2D eigenvalue weighted by molar-refractivity contribution is -0.151. The second kappa shape index (κ2) is 4.68. The summed E-state index contributed by atoms with van der Waals surface area (Å²) in [5, 5.41) is 10.4. The predicted molar refractivity (Wildman–Crippen MR) is 79.2 cm³/mol. The normalized spacial score (nSPS) is 22.8. The highest BCUT2D eigenvalue weighted by Crippen LogP contribution is 2.46. The van der Waals surface area contributed by atoms with Gasteiger partial charge in [0.15, 0.2) is 12.2 Å². The molecule has 0 fully saturated rings. The highest BCUT2D eigenvalue weighted by molar-refractivity contribution is 5.96. The Morgan fingerprint density at radius 2 is 2.05 bits per heavy atom. The lowest BCUT2D eigenvalue weighted by Crippen LogP contribution is -2.39. The molecule has 5 nitrogen and oxygen atoms in total. The summed E-state index contributed by atoms with van der Waals surface area (Å²) in [5.41, 5.74) is 2.39. The van der Waals surface area contributed by atoms with Crippen LogP contribution in [0, 0.1) is 6.92 Å². The third kappa shape index (κ3) is 2.13. The van der Waals surface area contributed by atoms with Gasteiger partial charge >= 0.3 is 11.9 Å². The van der Waals surface area contributed by atoms with Crippen LogP contribution in [0.3, 0.4) is 0 Å². The molecule has 1 heterocycles. The van der Waals surface area contributed by atoms with E-state index in [2.05, 4.69) is 0 Å². The summed E-state index contributed by atoms with van der Waals surface area (Å²) in [5.74, 6) is -0.912. The number of carbonyl (C=O) groups is 2. The van der Waals surface area contributed by atoms with E-state index in [-0.39, 0.29) is 0 Å². The Morgan fingerprint density at radius 1 is 1.36 bits per heavy atom. The van der Waals surface area contributed by atoms with Gasteiger partial charge in [-0.2, -0.15) is 0 Å². The van der Waals surface area contributed by atoms with Crippen molar-refractivity contribution in [3.05, 3.63) is 40.0 Å². The molecule has 1 aromatic rings. The third-order valence-corrected chi connectivity index (χ3v) is 4.12. The van der Waals surface area contributed by atoms with Crippen LogP contribution in [0.2, 0.25) is 0 Å². The fourth-order valence-corrected chi connectivity index (χ4v) is 3.10. The molecule has 1 aliphatic carbocycles. The number of esters is 2. The summed E-state index contributed by atoms with van der Waals surface area (Å²) in [4.78, 5) is 23.5. The average molecular weight is 302 g/mol. The zero-order valence-corrected chi connectivity index (χ0v) is 13.0. The van der Waals surface area contributed by atoms with Gasteiger partial charge in [0.1, 0.15) is 0 Å². The number of aliphatic hydroxyl groups is 1. The van der Waals surface area contributed by atoms with Crippen LogP contribution in [0.5, 0.6) is 0 Å². The number of ether oxygens (including phenoxy) is 2. The maximum absolute atomic E-state index is 12.1. The van der Waals surface area contributed by atoms with E-state index in [1.54, 1.807) is 26.0 Å². The summed E-state index contributed by atoms with van der Waals surface area (Å²) in [6.07, 6.45) is 0.296. The van der Waals surface area contributed by atoms with E-state index in [9.17, 15) is 14.7 Å². The van der Waals surface area contributed by atoms with Gasteiger partial charge in [0, 0.05) is 18.1 Å². The molecule has 0 spiro atoms. The molecule has 0 saturated heterocycles. The molecule has 116 valence electrons. The minimum absolute atomic E-state index is 0.427. The SMILES string of the molecule is CC(=O)O[C@@H]1C(C(C)(C)O)=Cc2c(C)ccc3c2[C@@H]1OC3=O. The van der Waals surface area contributed by atoms with Crippen LogP contribution in [0.25, 0.3) is 6.08 Å². The highest BCUT2D eigenvalue weighted by atomic mass is 16.6. The van der Waals surface area contributed by atoms with Crippen LogP contribution in [0.15, 0.2) is 17.7 Å². The number of aryl methyl sites for hydroxylation is 1. The van der Waals surface area contributed by atoms with Crippen molar-refractivity contribution in [1.29, 1.82) is 0 Å². The first-order valence-electron chi connectivity index (χ1n) is 7.16. The lowest BCUT2D eigenvalue weighted by atomic mass is 9.79. The van der Waals surface area contributed by atoms with Crippen LogP contribution in [0.1, 0.15) is 53.9 Å². The first-order chi connectivity index (χ1) is 10.2. The molecular weight excluding hydrogens is 284 g/mol. The minimum Gasteiger partial charge on any atom is -0.454 e. The fourth-order valence-electron chi connectivity index (χ4n) is 3.10. The Kier molecular flexibility index (Phi) is 3.14. The highest BCUT2D eigenvalue weighted by Gasteiger charge is 2.47. The zero-order chi connectivity index (χ0) is 16.2. The maximum Gasteiger partial charge on any atom is 0.339 e. The average Bonchev–Trinajstić information content (AvgIpc) is 2.72. The monoisotopic (exact) mass is 302 g/mol. The molecule has 1 aromatic carbocycles. The van der Waals surface area contributed by atoms with Gasteiger partial charge in [0.05, 0.1) is 11.2 Å². The van der Waals surface area contributed by atoms with E-state index < -0.39 is 29.7 Å². The summed E-state index contributed by atoms with van der Waals surface area (Å²) in [6, 6.07) is 3.58. The first kappa shape index (κ1) is 14.8. The van der Waals surface area contributed by atoms with E-state index in [4.69, 9.17) is 9.47 Å². The van der Waals surface area contributed by atoms with Gasteiger partial charge < -0.3 is 14.6 Å². The van der Waals surface area contributed by atoms with E-state index in [0.717, 1.165) is 16.7 Å². The topological polar surface area (TPSA) is 72.8 Å². The van der Waals surface area contributed by atoms with E-state index in [1.807, 2.05) is 13.0 Å². The fraction of sp³-hybridized carbons (Fsp3) is 0.412. The standard InChI is InChI=1S/C17H18O5/c1-8-5-6-10-13-11(8)7-12(17(3,4)20)14(21-9(2)18)15(13)22-16(10)19/h5-7,14-15,20H,1-4H3/t14-,15+/m1/s1. The zero-order valence-electron chi connectivity index (χ0n) is 13.0. The molecule has 1 aliphatic heterocycles. The molecule has 22 heavy (non-hydrogen) atoms. The Hall–Kier alpha value is -2.14. The molecule has 2 aliphatic rings. The molecule has 0 radical (unpaired) electrons. The number of carbonyl (C=O) groups excluding carboxylic acids is 2.